The molecule has 1 aliphatic rings. The fraction of sp³-hybridized carbons (Fsp3) is 0.500. The number of hydrogen-bond donors (Lipinski definition) is 0. The Kier molecular flexibility index (Phi) is 4.65. The van der Waals surface area contributed by atoms with Gasteiger partial charge in [-0.25, -0.2) is 4.79 Å². The molecule has 1 fully saturated rings. The summed E-state index contributed by atoms with van der Waals surface area (Å²) in [5.74, 6) is -2.01. The Morgan fingerprint density at radius 1 is 1.19 bits per heavy atom. The van der Waals surface area contributed by atoms with Crippen molar-refractivity contribution in [3.05, 3.63) is 12.2 Å². The number of morpholine rings is 1. The van der Waals surface area contributed by atoms with E-state index in [1.807, 2.05) is 0 Å². The second-order valence-corrected chi connectivity index (χ2v) is 3.13. The van der Waals surface area contributed by atoms with Crippen molar-refractivity contribution in [3.8, 4) is 0 Å². The van der Waals surface area contributed by atoms with E-state index in [1.165, 1.54) is 12.0 Å². The monoisotopic (exact) mass is 227 g/mol. The second-order valence-electron chi connectivity index (χ2n) is 3.13. The molecule has 0 bridgehead atoms. The summed E-state index contributed by atoms with van der Waals surface area (Å²) in [6, 6.07) is 0. The molecule has 1 saturated heterocycles. The third kappa shape index (κ3) is 3.47. The van der Waals surface area contributed by atoms with E-state index in [4.69, 9.17) is 4.74 Å². The fourth-order valence-corrected chi connectivity index (χ4v) is 1.21. The van der Waals surface area contributed by atoms with Crippen LogP contribution in [0, 0.1) is 0 Å². The number of carbonyl (C=O) groups excluding carboxylic acids is 3. The van der Waals surface area contributed by atoms with Crippen molar-refractivity contribution in [2.24, 2.45) is 0 Å². The van der Waals surface area contributed by atoms with E-state index in [9.17, 15) is 14.4 Å². The van der Waals surface area contributed by atoms with Crippen LogP contribution >= 0.6 is 0 Å². The molecule has 16 heavy (non-hydrogen) atoms. The topological polar surface area (TPSA) is 72.9 Å². The summed E-state index contributed by atoms with van der Waals surface area (Å²) >= 11 is 0. The van der Waals surface area contributed by atoms with Crippen LogP contribution < -0.4 is 0 Å². The molecular weight excluding hydrogens is 214 g/mol. The van der Waals surface area contributed by atoms with Crippen LogP contribution in [0.5, 0.6) is 0 Å². The number of nitrogens with zero attached hydrogens (tertiary/aromatic N) is 1. The molecule has 88 valence electrons. The lowest BCUT2D eigenvalue weighted by Crippen LogP contribution is -2.43. The zero-order chi connectivity index (χ0) is 12.0. The molecule has 6 heteroatoms. The van der Waals surface area contributed by atoms with Crippen molar-refractivity contribution < 1.29 is 23.9 Å². The number of carbonyl (C=O) groups is 3. The van der Waals surface area contributed by atoms with Crippen molar-refractivity contribution in [1.82, 2.24) is 4.90 Å². The summed E-state index contributed by atoms with van der Waals surface area (Å²) in [4.78, 5) is 35.0. The minimum absolute atomic E-state index is 0.399. The third-order valence-electron chi connectivity index (χ3n) is 2.08. The van der Waals surface area contributed by atoms with Gasteiger partial charge in [0, 0.05) is 19.2 Å². The van der Waals surface area contributed by atoms with Gasteiger partial charge in [-0.3, -0.25) is 9.59 Å². The minimum Gasteiger partial charge on any atom is -0.466 e. The number of esters is 1. The molecule has 0 aromatic heterocycles. The van der Waals surface area contributed by atoms with Crippen LogP contribution in [0.2, 0.25) is 0 Å². The van der Waals surface area contributed by atoms with Crippen LogP contribution in [0.25, 0.3) is 0 Å². The van der Waals surface area contributed by atoms with Crippen LogP contribution in [0.4, 0.5) is 0 Å². The summed E-state index contributed by atoms with van der Waals surface area (Å²) in [6.45, 7) is 1.66. The average Bonchev–Trinajstić information content (AvgIpc) is 2.35. The minimum atomic E-state index is -0.729. The van der Waals surface area contributed by atoms with Crippen LogP contribution in [0.3, 0.4) is 0 Å². The van der Waals surface area contributed by atoms with Crippen molar-refractivity contribution in [1.29, 1.82) is 0 Å². The summed E-state index contributed by atoms with van der Waals surface area (Å²) < 4.78 is 9.35. The maximum atomic E-state index is 11.5. The lowest BCUT2D eigenvalue weighted by Gasteiger charge is -2.25. The Bertz CT molecular complexity index is 317. The standard InChI is InChI=1S/C10H13NO5/c1-15-9(13)3-2-8(12)10(14)11-4-6-16-7-5-11/h2-3H,4-7H2,1H3/b3-2+. The SMILES string of the molecule is COC(=O)/C=C/C(=O)C(=O)N1CCOCC1. The van der Waals surface area contributed by atoms with Gasteiger partial charge in [-0.2, -0.15) is 0 Å². The Hall–Kier alpha value is -1.69. The van der Waals surface area contributed by atoms with Gasteiger partial charge in [-0.05, 0) is 6.08 Å². The first-order valence-corrected chi connectivity index (χ1v) is 4.82. The molecule has 0 saturated carbocycles. The van der Waals surface area contributed by atoms with Crippen LogP contribution in [0.1, 0.15) is 0 Å². The molecule has 0 unspecified atom stereocenters. The van der Waals surface area contributed by atoms with Gasteiger partial charge < -0.3 is 14.4 Å². The molecule has 1 heterocycles. The smallest absolute Gasteiger partial charge is 0.330 e. The highest BCUT2D eigenvalue weighted by Crippen LogP contribution is 1.98. The Balaban J connectivity index is 2.49. The summed E-state index contributed by atoms with van der Waals surface area (Å²) in [7, 11) is 1.20. The highest BCUT2D eigenvalue weighted by atomic mass is 16.5. The zero-order valence-corrected chi connectivity index (χ0v) is 8.97. The summed E-state index contributed by atoms with van der Waals surface area (Å²) in [5.41, 5.74) is 0. The first-order chi connectivity index (χ1) is 7.65. The van der Waals surface area contributed by atoms with Gasteiger partial charge in [0.2, 0.25) is 5.78 Å². The fourth-order valence-electron chi connectivity index (χ4n) is 1.21. The molecule has 1 aliphatic heterocycles. The number of amides is 1. The molecule has 0 aliphatic carbocycles. The number of hydrogen-bond acceptors (Lipinski definition) is 5. The molecule has 1 rings (SSSR count). The van der Waals surface area contributed by atoms with Gasteiger partial charge >= 0.3 is 5.97 Å². The molecular formula is C10H13NO5. The second kappa shape index (κ2) is 6.02. The molecule has 1 amide bonds. The van der Waals surface area contributed by atoms with Gasteiger partial charge in [-0.15, -0.1) is 0 Å². The van der Waals surface area contributed by atoms with Gasteiger partial charge in [-0.1, -0.05) is 0 Å². The highest BCUT2D eigenvalue weighted by Gasteiger charge is 2.21. The predicted molar refractivity (Wildman–Crippen MR) is 53.6 cm³/mol. The van der Waals surface area contributed by atoms with Crippen LogP contribution in [-0.4, -0.2) is 56.0 Å². The number of ketones is 1. The normalized spacial score (nSPS) is 16.2. The largest absolute Gasteiger partial charge is 0.466 e. The summed E-state index contributed by atoms with van der Waals surface area (Å²) in [5, 5.41) is 0. The number of methoxy groups -OCH3 is 1. The van der Waals surface area contributed by atoms with E-state index in [0.29, 0.717) is 26.3 Å². The van der Waals surface area contributed by atoms with Crippen LogP contribution in [0.15, 0.2) is 12.2 Å². The van der Waals surface area contributed by atoms with Crippen molar-refractivity contribution in [2.75, 3.05) is 33.4 Å². The Morgan fingerprint density at radius 2 is 1.81 bits per heavy atom. The average molecular weight is 227 g/mol. The van der Waals surface area contributed by atoms with E-state index >= 15 is 0 Å². The maximum Gasteiger partial charge on any atom is 0.330 e. The first-order valence-electron chi connectivity index (χ1n) is 4.82. The van der Waals surface area contributed by atoms with Gasteiger partial charge in [0.05, 0.1) is 20.3 Å². The van der Waals surface area contributed by atoms with Gasteiger partial charge in [0.15, 0.2) is 0 Å². The Labute approximate surface area is 92.8 Å². The molecule has 0 atom stereocenters. The molecule has 0 N–H and O–H groups in total. The molecule has 0 spiro atoms. The van der Waals surface area contributed by atoms with E-state index in [-0.39, 0.29) is 0 Å². The molecule has 0 aromatic carbocycles. The number of ether oxygens (including phenoxy) is 2. The number of rotatable bonds is 3. The molecule has 0 radical (unpaired) electrons. The molecule has 0 aromatic rings. The molecule has 6 nitrogen and oxygen atoms in total. The maximum absolute atomic E-state index is 11.5. The Morgan fingerprint density at radius 3 is 2.38 bits per heavy atom. The van der Waals surface area contributed by atoms with E-state index in [0.717, 1.165) is 12.2 Å². The van der Waals surface area contributed by atoms with Crippen molar-refractivity contribution in [2.45, 2.75) is 0 Å². The van der Waals surface area contributed by atoms with E-state index < -0.39 is 17.7 Å². The van der Waals surface area contributed by atoms with Crippen molar-refractivity contribution >= 4 is 17.7 Å². The predicted octanol–water partition coefficient (Wildman–Crippen LogP) is -0.857. The van der Waals surface area contributed by atoms with Gasteiger partial charge in [0.25, 0.3) is 5.91 Å². The van der Waals surface area contributed by atoms with Crippen LogP contribution in [-0.2, 0) is 23.9 Å². The summed E-state index contributed by atoms with van der Waals surface area (Å²) in [6.07, 6.45) is 1.85. The van der Waals surface area contributed by atoms with Crippen molar-refractivity contribution in [3.63, 3.8) is 0 Å². The quantitative estimate of drug-likeness (QED) is 0.356. The highest BCUT2D eigenvalue weighted by molar-refractivity contribution is 6.40. The van der Waals surface area contributed by atoms with E-state index in [1.54, 1.807) is 0 Å². The third-order valence-corrected chi connectivity index (χ3v) is 2.08. The zero-order valence-electron chi connectivity index (χ0n) is 8.97. The lowest BCUT2D eigenvalue weighted by atomic mass is 10.3. The van der Waals surface area contributed by atoms with E-state index in [2.05, 4.69) is 4.74 Å². The lowest BCUT2D eigenvalue weighted by molar-refractivity contribution is -0.145. The first kappa shape index (κ1) is 12.4. The van der Waals surface area contributed by atoms with Gasteiger partial charge in [0.1, 0.15) is 0 Å².